The third-order valence-corrected chi connectivity index (χ3v) is 8.94. The summed E-state index contributed by atoms with van der Waals surface area (Å²) in [5.41, 5.74) is 3.26. The quantitative estimate of drug-likeness (QED) is 0.508. The monoisotopic (exact) mass is 501 g/mol. The SMILES string of the molecule is C[C@@H]1CN(c2nc3ccc(C#N)cc3s2)C[C@H](C)N1C(=O)OC1CC2(C1)CN(Cc1ccccc1)C2. The van der Waals surface area contributed by atoms with Crippen molar-refractivity contribution in [3.05, 3.63) is 59.7 Å². The average molecular weight is 502 g/mol. The van der Waals surface area contributed by atoms with Gasteiger partial charge in [-0.05, 0) is 50.5 Å². The third-order valence-electron chi connectivity index (χ3n) is 7.86. The summed E-state index contributed by atoms with van der Waals surface area (Å²) >= 11 is 1.60. The van der Waals surface area contributed by atoms with Gasteiger partial charge in [0.15, 0.2) is 5.13 Å². The summed E-state index contributed by atoms with van der Waals surface area (Å²) in [5.74, 6) is 0. The molecule has 1 spiro atoms. The number of carbonyl (C=O) groups excluding carboxylic acids is 1. The molecule has 1 amide bonds. The van der Waals surface area contributed by atoms with Crippen LogP contribution in [0.3, 0.4) is 0 Å². The first-order valence-corrected chi connectivity index (χ1v) is 13.5. The predicted octanol–water partition coefficient (Wildman–Crippen LogP) is 4.87. The van der Waals surface area contributed by atoms with E-state index in [1.807, 2.05) is 17.0 Å². The summed E-state index contributed by atoms with van der Waals surface area (Å²) in [7, 11) is 0. The van der Waals surface area contributed by atoms with Gasteiger partial charge in [-0.15, -0.1) is 0 Å². The van der Waals surface area contributed by atoms with E-state index in [-0.39, 0.29) is 24.3 Å². The van der Waals surface area contributed by atoms with Crippen molar-refractivity contribution in [1.29, 1.82) is 5.26 Å². The Morgan fingerprint density at radius 2 is 1.86 bits per heavy atom. The molecule has 0 N–H and O–H groups in total. The van der Waals surface area contributed by atoms with Gasteiger partial charge < -0.3 is 9.64 Å². The molecule has 1 aromatic heterocycles. The fourth-order valence-electron chi connectivity index (χ4n) is 6.26. The zero-order chi connectivity index (χ0) is 24.9. The maximum Gasteiger partial charge on any atom is 0.410 e. The molecule has 3 aromatic rings. The van der Waals surface area contributed by atoms with E-state index in [0.29, 0.717) is 24.1 Å². The normalized spacial score (nSPS) is 23.8. The molecule has 8 heteroatoms. The van der Waals surface area contributed by atoms with Crippen LogP contribution in [0, 0.1) is 16.7 Å². The van der Waals surface area contributed by atoms with E-state index in [1.54, 1.807) is 17.4 Å². The van der Waals surface area contributed by atoms with Crippen LogP contribution in [0.5, 0.6) is 0 Å². The van der Waals surface area contributed by atoms with Crippen molar-refractivity contribution in [3.63, 3.8) is 0 Å². The molecule has 1 aliphatic carbocycles. The number of thiazole rings is 1. The second kappa shape index (κ2) is 9.06. The molecule has 3 heterocycles. The molecular weight excluding hydrogens is 470 g/mol. The summed E-state index contributed by atoms with van der Waals surface area (Å²) in [6, 6.07) is 18.5. The van der Waals surface area contributed by atoms with Crippen LogP contribution in [-0.2, 0) is 11.3 Å². The molecular formula is C28H31N5O2S. The first kappa shape index (κ1) is 23.3. The molecule has 3 fully saturated rings. The largest absolute Gasteiger partial charge is 0.446 e. The van der Waals surface area contributed by atoms with Crippen molar-refractivity contribution in [3.8, 4) is 6.07 Å². The van der Waals surface area contributed by atoms with Crippen LogP contribution < -0.4 is 4.90 Å². The van der Waals surface area contributed by atoms with Gasteiger partial charge in [0, 0.05) is 38.1 Å². The van der Waals surface area contributed by atoms with Gasteiger partial charge in [0.05, 0.1) is 33.9 Å². The van der Waals surface area contributed by atoms with Crippen LogP contribution in [0.1, 0.15) is 37.8 Å². The minimum atomic E-state index is -0.182. The number of benzene rings is 2. The van der Waals surface area contributed by atoms with Crippen LogP contribution in [0.15, 0.2) is 48.5 Å². The van der Waals surface area contributed by atoms with E-state index in [1.165, 1.54) is 5.56 Å². The highest BCUT2D eigenvalue weighted by atomic mass is 32.1. The lowest BCUT2D eigenvalue weighted by Gasteiger charge is -2.58. The van der Waals surface area contributed by atoms with Crippen molar-refractivity contribution >= 4 is 32.8 Å². The van der Waals surface area contributed by atoms with Gasteiger partial charge in [-0.3, -0.25) is 9.80 Å². The minimum Gasteiger partial charge on any atom is -0.446 e. The molecule has 2 aromatic carbocycles. The van der Waals surface area contributed by atoms with Crippen molar-refractivity contribution in [2.24, 2.45) is 5.41 Å². The number of piperazine rings is 1. The number of rotatable bonds is 4. The number of anilines is 1. The second-order valence-electron chi connectivity index (χ2n) is 10.8. The molecule has 0 bridgehead atoms. The Kier molecular flexibility index (Phi) is 5.85. The van der Waals surface area contributed by atoms with E-state index >= 15 is 0 Å². The van der Waals surface area contributed by atoms with Crippen LogP contribution in [0.2, 0.25) is 0 Å². The van der Waals surface area contributed by atoms with Crippen molar-refractivity contribution in [1.82, 2.24) is 14.8 Å². The van der Waals surface area contributed by atoms with E-state index in [0.717, 1.165) is 47.8 Å². The Morgan fingerprint density at radius 1 is 1.14 bits per heavy atom. The van der Waals surface area contributed by atoms with Crippen molar-refractivity contribution < 1.29 is 9.53 Å². The molecule has 2 aliphatic heterocycles. The van der Waals surface area contributed by atoms with Gasteiger partial charge in [-0.1, -0.05) is 41.7 Å². The molecule has 0 radical (unpaired) electrons. The summed E-state index contributed by atoms with van der Waals surface area (Å²) in [4.78, 5) is 24.6. The lowest BCUT2D eigenvalue weighted by molar-refractivity contribution is -0.137. The molecule has 0 unspecified atom stereocenters. The Labute approximate surface area is 215 Å². The van der Waals surface area contributed by atoms with Crippen molar-refractivity contribution in [2.75, 3.05) is 31.1 Å². The summed E-state index contributed by atoms with van der Waals surface area (Å²) in [6.45, 7) is 8.79. The van der Waals surface area contributed by atoms with Crippen molar-refractivity contribution in [2.45, 2.75) is 51.4 Å². The van der Waals surface area contributed by atoms with E-state index in [2.05, 4.69) is 60.0 Å². The topological polar surface area (TPSA) is 72.7 Å². The lowest BCUT2D eigenvalue weighted by Crippen LogP contribution is -2.64. The van der Waals surface area contributed by atoms with E-state index < -0.39 is 0 Å². The smallest absolute Gasteiger partial charge is 0.410 e. The number of amides is 1. The zero-order valence-electron chi connectivity index (χ0n) is 20.8. The number of ether oxygens (including phenoxy) is 1. The van der Waals surface area contributed by atoms with Crippen LogP contribution in [0.25, 0.3) is 10.2 Å². The molecule has 3 aliphatic rings. The third kappa shape index (κ3) is 4.31. The number of hydrogen-bond donors (Lipinski definition) is 0. The first-order chi connectivity index (χ1) is 17.4. The van der Waals surface area contributed by atoms with E-state index in [4.69, 9.17) is 9.72 Å². The van der Waals surface area contributed by atoms with Gasteiger partial charge in [-0.2, -0.15) is 5.26 Å². The Morgan fingerprint density at radius 3 is 2.56 bits per heavy atom. The highest BCUT2D eigenvalue weighted by Gasteiger charge is 2.54. The summed E-state index contributed by atoms with van der Waals surface area (Å²) in [5, 5.41) is 10.1. The number of aromatic nitrogens is 1. The molecule has 2 saturated heterocycles. The zero-order valence-corrected chi connectivity index (χ0v) is 21.6. The standard InChI is InChI=1S/C28H31N5O2S/c1-19-14-32(26-30-24-9-8-22(13-29)10-25(24)36-26)15-20(2)33(19)27(34)35-23-11-28(12-23)17-31(18-28)16-21-6-4-3-5-7-21/h3-10,19-20,23H,11-12,14-18H2,1-2H3/t19-,20+. The van der Waals surface area contributed by atoms with Crippen LogP contribution in [-0.4, -0.2) is 65.2 Å². The fourth-order valence-corrected chi connectivity index (χ4v) is 7.29. The number of fused-ring (bicyclic) bond motifs is 1. The van der Waals surface area contributed by atoms with Crippen LogP contribution in [0.4, 0.5) is 9.93 Å². The summed E-state index contributed by atoms with van der Waals surface area (Å²) in [6.07, 6.45) is 1.80. The summed E-state index contributed by atoms with van der Waals surface area (Å²) < 4.78 is 6.99. The molecule has 7 nitrogen and oxygen atoms in total. The lowest BCUT2D eigenvalue weighted by atomic mass is 9.61. The molecule has 6 rings (SSSR count). The van der Waals surface area contributed by atoms with Gasteiger partial charge in [0.2, 0.25) is 0 Å². The van der Waals surface area contributed by atoms with Gasteiger partial charge >= 0.3 is 6.09 Å². The van der Waals surface area contributed by atoms with Gasteiger partial charge in [-0.25, -0.2) is 9.78 Å². The van der Waals surface area contributed by atoms with E-state index in [9.17, 15) is 10.1 Å². The maximum absolute atomic E-state index is 13.1. The molecule has 36 heavy (non-hydrogen) atoms. The second-order valence-corrected chi connectivity index (χ2v) is 11.9. The average Bonchev–Trinajstić information content (AvgIpc) is 3.25. The first-order valence-electron chi connectivity index (χ1n) is 12.7. The predicted molar refractivity (Wildman–Crippen MR) is 141 cm³/mol. The number of carbonyl (C=O) groups is 1. The Balaban J connectivity index is 1.01. The number of likely N-dealkylation sites (tertiary alicyclic amines) is 1. The molecule has 1 saturated carbocycles. The Hall–Kier alpha value is -3.15. The minimum absolute atomic E-state index is 0.0297. The van der Waals surface area contributed by atoms with Crippen LogP contribution >= 0.6 is 11.3 Å². The molecule has 186 valence electrons. The fraction of sp³-hybridized carbons (Fsp3) is 0.464. The highest BCUT2D eigenvalue weighted by Crippen LogP contribution is 2.50. The number of hydrogen-bond acceptors (Lipinski definition) is 7. The Bertz CT molecular complexity index is 1290. The number of nitriles is 1. The number of nitrogens with zero attached hydrogens (tertiary/aromatic N) is 5. The van der Waals surface area contributed by atoms with Gasteiger partial charge in [0.1, 0.15) is 6.10 Å². The highest BCUT2D eigenvalue weighted by molar-refractivity contribution is 7.22. The van der Waals surface area contributed by atoms with Gasteiger partial charge in [0.25, 0.3) is 0 Å². The maximum atomic E-state index is 13.1. The molecule has 2 atom stereocenters.